The summed E-state index contributed by atoms with van der Waals surface area (Å²) in [5.41, 5.74) is 6.61. The minimum atomic E-state index is -0.455. The highest BCUT2D eigenvalue weighted by Crippen LogP contribution is 2.27. The van der Waals surface area contributed by atoms with Crippen molar-refractivity contribution >= 4 is 11.8 Å². The summed E-state index contributed by atoms with van der Waals surface area (Å²) < 4.78 is 10.6. The number of amides is 2. The van der Waals surface area contributed by atoms with Crippen molar-refractivity contribution in [3.8, 4) is 17.6 Å². The molecule has 7 heteroatoms. The number of aryl methyl sites for hydroxylation is 1. The van der Waals surface area contributed by atoms with Crippen LogP contribution in [0.5, 0.6) is 11.5 Å². The van der Waals surface area contributed by atoms with Crippen molar-refractivity contribution < 1.29 is 19.1 Å². The zero-order valence-corrected chi connectivity index (χ0v) is 15.2. The first-order chi connectivity index (χ1) is 13.1. The van der Waals surface area contributed by atoms with Crippen LogP contribution in [0.15, 0.2) is 42.5 Å². The zero-order valence-electron chi connectivity index (χ0n) is 15.2. The molecule has 7 nitrogen and oxygen atoms in total. The molecule has 0 heterocycles. The van der Waals surface area contributed by atoms with E-state index in [4.69, 9.17) is 14.7 Å². The molecule has 0 fully saturated rings. The predicted octanol–water partition coefficient (Wildman–Crippen LogP) is 2.36. The number of rotatable bonds is 7. The van der Waals surface area contributed by atoms with Crippen LogP contribution in [0.2, 0.25) is 0 Å². The average molecular weight is 367 g/mol. The summed E-state index contributed by atoms with van der Waals surface area (Å²) in [6, 6.07) is 13.8. The van der Waals surface area contributed by atoms with E-state index in [1.807, 2.05) is 13.0 Å². The van der Waals surface area contributed by atoms with Crippen molar-refractivity contribution in [2.24, 2.45) is 0 Å². The Morgan fingerprint density at radius 3 is 2.44 bits per heavy atom. The molecule has 140 valence electrons. The lowest BCUT2D eigenvalue weighted by Crippen LogP contribution is -2.41. The zero-order chi connectivity index (χ0) is 19.6. The number of nitrogens with one attached hydrogen (secondary N) is 2. The summed E-state index contributed by atoms with van der Waals surface area (Å²) in [6.45, 7) is 2.34. The number of benzene rings is 2. The minimum Gasteiger partial charge on any atom is -0.493 e. The molecule has 0 bridgehead atoms. The molecule has 27 heavy (non-hydrogen) atoms. The van der Waals surface area contributed by atoms with Crippen molar-refractivity contribution in [1.29, 1.82) is 5.26 Å². The number of carbonyl (C=O) groups excluding carboxylic acids is 2. The second kappa shape index (κ2) is 9.82. The molecular formula is C20H21N3O4. The first-order valence-electron chi connectivity index (χ1n) is 8.46. The number of hydrogen-bond donors (Lipinski definition) is 2. The van der Waals surface area contributed by atoms with Gasteiger partial charge < -0.3 is 9.47 Å². The average Bonchev–Trinajstić information content (AvgIpc) is 2.71. The highest BCUT2D eigenvalue weighted by molar-refractivity contribution is 5.96. The number of carbonyl (C=O) groups is 2. The largest absolute Gasteiger partial charge is 0.493 e. The number of ether oxygens (including phenoxy) is 2. The van der Waals surface area contributed by atoms with Gasteiger partial charge in [-0.25, -0.2) is 0 Å². The van der Waals surface area contributed by atoms with Gasteiger partial charge in [0.2, 0.25) is 5.91 Å². The van der Waals surface area contributed by atoms with Crippen LogP contribution in [0.25, 0.3) is 0 Å². The summed E-state index contributed by atoms with van der Waals surface area (Å²) in [4.78, 5) is 24.1. The molecule has 2 rings (SSSR count). The molecule has 0 atom stereocenters. The van der Waals surface area contributed by atoms with Crippen LogP contribution in [0.1, 0.15) is 34.8 Å². The molecule has 0 radical (unpaired) electrons. The van der Waals surface area contributed by atoms with Gasteiger partial charge in [0.05, 0.1) is 25.3 Å². The van der Waals surface area contributed by atoms with Crippen molar-refractivity contribution in [2.45, 2.75) is 19.8 Å². The Bertz CT molecular complexity index is 841. The third kappa shape index (κ3) is 5.75. The van der Waals surface area contributed by atoms with E-state index >= 15 is 0 Å². The lowest BCUT2D eigenvalue weighted by molar-refractivity contribution is -0.121. The number of hydrazine groups is 1. The fourth-order valence-corrected chi connectivity index (χ4v) is 2.35. The third-order valence-electron chi connectivity index (χ3n) is 3.76. The van der Waals surface area contributed by atoms with Crippen LogP contribution in [-0.2, 0) is 11.2 Å². The summed E-state index contributed by atoms with van der Waals surface area (Å²) in [6.07, 6.45) is 0.711. The van der Waals surface area contributed by atoms with E-state index in [1.165, 1.54) is 7.11 Å². The van der Waals surface area contributed by atoms with E-state index in [0.29, 0.717) is 35.7 Å². The van der Waals surface area contributed by atoms with Gasteiger partial charge >= 0.3 is 0 Å². The lowest BCUT2D eigenvalue weighted by Gasteiger charge is -2.11. The van der Waals surface area contributed by atoms with Gasteiger partial charge in [0, 0.05) is 12.0 Å². The maximum atomic E-state index is 12.2. The highest BCUT2D eigenvalue weighted by Gasteiger charge is 2.12. The Labute approximate surface area is 157 Å². The fourth-order valence-electron chi connectivity index (χ4n) is 2.35. The van der Waals surface area contributed by atoms with Crippen molar-refractivity contribution in [1.82, 2.24) is 10.9 Å². The predicted molar refractivity (Wildman–Crippen MR) is 99.2 cm³/mol. The summed E-state index contributed by atoms with van der Waals surface area (Å²) in [7, 11) is 1.49. The van der Waals surface area contributed by atoms with Gasteiger partial charge in [-0.15, -0.1) is 0 Å². The number of methoxy groups -OCH3 is 1. The second-order valence-electron chi connectivity index (χ2n) is 5.61. The Morgan fingerprint density at radius 1 is 1.07 bits per heavy atom. The van der Waals surface area contributed by atoms with Gasteiger partial charge in [0.15, 0.2) is 11.5 Å². The van der Waals surface area contributed by atoms with Crippen LogP contribution in [-0.4, -0.2) is 25.5 Å². The smallest absolute Gasteiger partial charge is 0.269 e. The molecule has 0 saturated heterocycles. The number of nitriles is 1. The Hall–Kier alpha value is -3.53. The SMILES string of the molecule is CCOc1ccc(C(=O)NNC(=O)CCc2ccc(C#N)cc2)cc1OC. The van der Waals surface area contributed by atoms with Crippen LogP contribution in [0.3, 0.4) is 0 Å². The van der Waals surface area contributed by atoms with Crippen LogP contribution in [0, 0.1) is 11.3 Å². The first-order valence-corrected chi connectivity index (χ1v) is 8.46. The van der Waals surface area contributed by atoms with Gasteiger partial charge in [-0.05, 0) is 49.2 Å². The van der Waals surface area contributed by atoms with E-state index in [1.54, 1.807) is 42.5 Å². The van der Waals surface area contributed by atoms with E-state index in [0.717, 1.165) is 5.56 Å². The monoisotopic (exact) mass is 367 g/mol. The van der Waals surface area contributed by atoms with Crippen LogP contribution >= 0.6 is 0 Å². The van der Waals surface area contributed by atoms with E-state index in [-0.39, 0.29) is 12.3 Å². The van der Waals surface area contributed by atoms with Gasteiger partial charge in [-0.3, -0.25) is 20.4 Å². The Balaban J connectivity index is 1.85. The third-order valence-corrected chi connectivity index (χ3v) is 3.76. The molecule has 0 spiro atoms. The van der Waals surface area contributed by atoms with Gasteiger partial charge in [0.25, 0.3) is 5.91 Å². The van der Waals surface area contributed by atoms with Crippen molar-refractivity contribution in [2.75, 3.05) is 13.7 Å². The molecule has 2 amide bonds. The first kappa shape index (κ1) is 19.8. The Kier molecular flexibility index (Phi) is 7.20. The quantitative estimate of drug-likeness (QED) is 0.732. The van der Waals surface area contributed by atoms with Gasteiger partial charge in [0.1, 0.15) is 0 Å². The van der Waals surface area contributed by atoms with E-state index in [9.17, 15) is 9.59 Å². The standard InChI is InChI=1S/C20H21N3O4/c1-3-27-17-10-9-16(12-18(17)26-2)20(25)23-22-19(24)11-8-14-4-6-15(13-21)7-5-14/h4-7,9-10,12H,3,8,11H2,1-2H3,(H,22,24)(H,23,25). The molecule has 0 unspecified atom stereocenters. The molecule has 2 N–H and O–H groups in total. The van der Waals surface area contributed by atoms with E-state index < -0.39 is 5.91 Å². The maximum absolute atomic E-state index is 12.2. The molecule has 0 aliphatic carbocycles. The second-order valence-corrected chi connectivity index (χ2v) is 5.61. The van der Waals surface area contributed by atoms with E-state index in [2.05, 4.69) is 10.9 Å². The molecular weight excluding hydrogens is 346 g/mol. The lowest BCUT2D eigenvalue weighted by atomic mass is 10.1. The molecule has 0 aromatic heterocycles. The van der Waals surface area contributed by atoms with Crippen LogP contribution < -0.4 is 20.3 Å². The molecule has 0 saturated carbocycles. The number of nitrogens with zero attached hydrogens (tertiary/aromatic N) is 1. The summed E-state index contributed by atoms with van der Waals surface area (Å²) in [5, 5.41) is 8.77. The minimum absolute atomic E-state index is 0.207. The number of hydrogen-bond acceptors (Lipinski definition) is 5. The van der Waals surface area contributed by atoms with Gasteiger partial charge in [-0.1, -0.05) is 12.1 Å². The molecule has 0 aliphatic heterocycles. The fraction of sp³-hybridized carbons (Fsp3) is 0.250. The Morgan fingerprint density at radius 2 is 1.81 bits per heavy atom. The van der Waals surface area contributed by atoms with Crippen molar-refractivity contribution in [3.05, 3.63) is 59.2 Å². The maximum Gasteiger partial charge on any atom is 0.269 e. The summed E-state index contributed by atoms with van der Waals surface area (Å²) >= 11 is 0. The van der Waals surface area contributed by atoms with Crippen LogP contribution in [0.4, 0.5) is 0 Å². The van der Waals surface area contributed by atoms with Gasteiger partial charge in [-0.2, -0.15) is 5.26 Å². The highest BCUT2D eigenvalue weighted by atomic mass is 16.5. The molecule has 2 aromatic rings. The normalized spacial score (nSPS) is 9.81. The molecule has 2 aromatic carbocycles. The molecule has 0 aliphatic rings. The summed E-state index contributed by atoms with van der Waals surface area (Å²) in [5.74, 6) is 0.216. The topological polar surface area (TPSA) is 100 Å². The van der Waals surface area contributed by atoms with Crippen molar-refractivity contribution in [3.63, 3.8) is 0 Å².